The normalized spacial score (nSPS) is 11.7. The summed E-state index contributed by atoms with van der Waals surface area (Å²) < 4.78 is 32.9. The van der Waals surface area contributed by atoms with Gasteiger partial charge in [0.25, 0.3) is 10.0 Å². The number of para-hydroxylation sites is 1. The van der Waals surface area contributed by atoms with Gasteiger partial charge in [-0.25, -0.2) is 8.42 Å². The molecule has 4 rings (SSSR count). The van der Waals surface area contributed by atoms with Crippen LogP contribution in [-0.4, -0.2) is 18.6 Å². The van der Waals surface area contributed by atoms with Gasteiger partial charge in [-0.05, 0) is 24.3 Å². The van der Waals surface area contributed by atoms with E-state index in [1.807, 2.05) is 18.2 Å². The van der Waals surface area contributed by atoms with Crippen molar-refractivity contribution in [3.63, 3.8) is 0 Å². The number of rotatable bonds is 4. The minimum atomic E-state index is -3.70. The summed E-state index contributed by atoms with van der Waals surface area (Å²) in [6.07, 6.45) is 3.08. The van der Waals surface area contributed by atoms with Gasteiger partial charge in [0.2, 0.25) is 0 Å². The topological polar surface area (TPSA) is 85.1 Å². The van der Waals surface area contributed by atoms with E-state index in [1.165, 1.54) is 6.26 Å². The van der Waals surface area contributed by atoms with Crippen molar-refractivity contribution in [2.24, 2.45) is 0 Å². The number of pyridine rings is 1. The van der Waals surface area contributed by atoms with Gasteiger partial charge >= 0.3 is 0 Å². The lowest BCUT2D eigenvalue weighted by atomic mass is 10.2. The maximum atomic E-state index is 12.7. The van der Waals surface area contributed by atoms with Gasteiger partial charge in [0.05, 0.1) is 16.1 Å². The summed E-state index contributed by atoms with van der Waals surface area (Å²) in [5.74, 6) is 0. The number of nitrogens with zero attached hydrogens (tertiary/aromatic N) is 2. The lowest BCUT2D eigenvalue weighted by Crippen LogP contribution is -2.11. The third-order valence-electron chi connectivity index (χ3n) is 3.41. The van der Waals surface area contributed by atoms with E-state index < -0.39 is 10.0 Å². The Balaban J connectivity index is 1.71. The van der Waals surface area contributed by atoms with Gasteiger partial charge in [-0.2, -0.15) is 0 Å². The fourth-order valence-corrected chi connectivity index (χ4v) is 4.66. The first-order valence-electron chi connectivity index (χ1n) is 7.01. The van der Waals surface area contributed by atoms with Gasteiger partial charge in [0, 0.05) is 17.6 Å². The molecular weight excluding hydrogens is 346 g/mol. The molecule has 0 saturated carbocycles. The van der Waals surface area contributed by atoms with Crippen molar-refractivity contribution in [3.8, 4) is 10.6 Å². The Labute approximate surface area is 141 Å². The number of thiophene rings is 1. The molecule has 0 spiro atoms. The van der Waals surface area contributed by atoms with Crippen LogP contribution in [0.15, 0.2) is 69.7 Å². The molecule has 0 unspecified atom stereocenters. The van der Waals surface area contributed by atoms with E-state index in [0.717, 1.165) is 21.6 Å². The molecule has 0 fully saturated rings. The third kappa shape index (κ3) is 2.66. The zero-order valence-corrected chi connectivity index (χ0v) is 13.8. The molecule has 0 atom stereocenters. The average molecular weight is 357 g/mol. The Hall–Kier alpha value is -2.71. The number of aromatic nitrogens is 2. The second kappa shape index (κ2) is 5.73. The van der Waals surface area contributed by atoms with E-state index in [-0.39, 0.29) is 4.21 Å². The van der Waals surface area contributed by atoms with E-state index in [1.54, 1.807) is 36.5 Å². The molecule has 0 radical (unpaired) electrons. The molecule has 0 bridgehead atoms. The van der Waals surface area contributed by atoms with Crippen molar-refractivity contribution >= 4 is 38.0 Å². The fourth-order valence-electron chi connectivity index (χ4n) is 2.32. The average Bonchev–Trinajstić information content (AvgIpc) is 3.26. The molecule has 8 heteroatoms. The number of fused-ring (bicyclic) bond motifs is 1. The predicted molar refractivity (Wildman–Crippen MR) is 92.4 cm³/mol. The summed E-state index contributed by atoms with van der Waals surface area (Å²) in [7, 11) is -3.70. The molecule has 0 aliphatic carbocycles. The Morgan fingerprint density at radius 1 is 1.04 bits per heavy atom. The molecular formula is C16H11N3O3S2. The Kier molecular flexibility index (Phi) is 3.55. The molecule has 1 N–H and O–H groups in total. The van der Waals surface area contributed by atoms with Gasteiger partial charge in [0.1, 0.15) is 16.2 Å². The molecule has 6 nitrogen and oxygen atoms in total. The Bertz CT molecular complexity index is 1100. The molecule has 0 saturated heterocycles. The molecule has 3 heterocycles. The van der Waals surface area contributed by atoms with Crippen LogP contribution in [0.4, 0.5) is 5.69 Å². The quantitative estimate of drug-likeness (QED) is 0.601. The van der Waals surface area contributed by atoms with Crippen molar-refractivity contribution in [2.45, 2.75) is 4.21 Å². The van der Waals surface area contributed by atoms with Crippen molar-refractivity contribution in [3.05, 3.63) is 61.0 Å². The number of hydrogen-bond donors (Lipinski definition) is 1. The summed E-state index contributed by atoms with van der Waals surface area (Å²) in [6, 6.07) is 14.0. The maximum Gasteiger partial charge on any atom is 0.271 e. The fraction of sp³-hybridized carbons (Fsp3) is 0. The summed E-state index contributed by atoms with van der Waals surface area (Å²) in [4.78, 5) is 4.98. The van der Waals surface area contributed by atoms with Gasteiger partial charge in [-0.1, -0.05) is 23.4 Å². The molecule has 4 aromatic rings. The van der Waals surface area contributed by atoms with Crippen molar-refractivity contribution < 1.29 is 12.9 Å². The highest BCUT2D eigenvalue weighted by Crippen LogP contribution is 2.31. The summed E-state index contributed by atoms with van der Waals surface area (Å²) >= 11 is 1.13. The van der Waals surface area contributed by atoms with E-state index in [9.17, 15) is 8.42 Å². The standard InChI is InChI=1S/C16H11N3O3S2/c20-24(21,15-7-6-14(23-15)12-8-10-22-18-12)19-13-5-1-3-11-4-2-9-17-16(11)13/h1-10,19H. The first-order chi connectivity index (χ1) is 11.6. The number of hydrogen-bond acceptors (Lipinski definition) is 6. The van der Waals surface area contributed by atoms with Crippen molar-refractivity contribution in [2.75, 3.05) is 4.72 Å². The second-order valence-electron chi connectivity index (χ2n) is 4.99. The van der Waals surface area contributed by atoms with E-state index in [0.29, 0.717) is 16.9 Å². The first kappa shape index (κ1) is 14.9. The molecule has 24 heavy (non-hydrogen) atoms. The first-order valence-corrected chi connectivity index (χ1v) is 9.31. The Morgan fingerprint density at radius 3 is 2.75 bits per heavy atom. The Morgan fingerprint density at radius 2 is 1.92 bits per heavy atom. The highest BCUT2D eigenvalue weighted by atomic mass is 32.2. The van der Waals surface area contributed by atoms with Crippen LogP contribution < -0.4 is 4.72 Å². The summed E-state index contributed by atoms with van der Waals surface area (Å²) in [5, 5.41) is 4.68. The number of sulfonamides is 1. The van der Waals surface area contributed by atoms with E-state index >= 15 is 0 Å². The number of nitrogens with one attached hydrogen (secondary N) is 1. The molecule has 3 aromatic heterocycles. The minimum Gasteiger partial charge on any atom is -0.364 e. The number of benzene rings is 1. The van der Waals surface area contributed by atoms with E-state index in [2.05, 4.69) is 14.9 Å². The van der Waals surface area contributed by atoms with Crippen molar-refractivity contribution in [1.82, 2.24) is 10.1 Å². The zero-order chi connectivity index (χ0) is 16.6. The van der Waals surface area contributed by atoms with Crippen LogP contribution in [0.25, 0.3) is 21.5 Å². The van der Waals surface area contributed by atoms with Crippen LogP contribution in [0.3, 0.4) is 0 Å². The molecule has 0 aliphatic rings. The summed E-state index contributed by atoms with van der Waals surface area (Å²) in [5.41, 5.74) is 1.66. The maximum absolute atomic E-state index is 12.7. The lowest BCUT2D eigenvalue weighted by Gasteiger charge is -2.08. The smallest absolute Gasteiger partial charge is 0.271 e. The predicted octanol–water partition coefficient (Wildman–Crippen LogP) is 3.75. The zero-order valence-electron chi connectivity index (χ0n) is 12.2. The van der Waals surface area contributed by atoms with Gasteiger partial charge < -0.3 is 4.52 Å². The highest BCUT2D eigenvalue weighted by molar-refractivity contribution is 7.94. The van der Waals surface area contributed by atoms with Gasteiger partial charge in [-0.3, -0.25) is 9.71 Å². The second-order valence-corrected chi connectivity index (χ2v) is 7.98. The van der Waals surface area contributed by atoms with Crippen LogP contribution in [0.1, 0.15) is 0 Å². The van der Waals surface area contributed by atoms with Crippen LogP contribution in [0, 0.1) is 0 Å². The monoisotopic (exact) mass is 357 g/mol. The molecule has 0 aliphatic heterocycles. The van der Waals surface area contributed by atoms with Crippen LogP contribution in [-0.2, 0) is 10.0 Å². The highest BCUT2D eigenvalue weighted by Gasteiger charge is 2.19. The molecule has 0 amide bonds. The van der Waals surface area contributed by atoms with E-state index in [4.69, 9.17) is 4.52 Å². The van der Waals surface area contributed by atoms with Crippen molar-refractivity contribution in [1.29, 1.82) is 0 Å². The SMILES string of the molecule is O=S(=O)(Nc1cccc2cccnc12)c1ccc(-c2ccon2)s1. The van der Waals surface area contributed by atoms with Crippen LogP contribution >= 0.6 is 11.3 Å². The van der Waals surface area contributed by atoms with Crippen LogP contribution in [0.5, 0.6) is 0 Å². The third-order valence-corrected chi connectivity index (χ3v) is 6.38. The van der Waals surface area contributed by atoms with Crippen LogP contribution in [0.2, 0.25) is 0 Å². The molecule has 120 valence electrons. The largest absolute Gasteiger partial charge is 0.364 e. The lowest BCUT2D eigenvalue weighted by molar-refractivity contribution is 0.422. The van der Waals surface area contributed by atoms with Gasteiger partial charge in [-0.15, -0.1) is 11.3 Å². The summed E-state index contributed by atoms with van der Waals surface area (Å²) in [6.45, 7) is 0. The minimum absolute atomic E-state index is 0.202. The van der Waals surface area contributed by atoms with Gasteiger partial charge in [0.15, 0.2) is 0 Å². The number of anilines is 1. The molecule has 1 aromatic carbocycles.